The van der Waals surface area contributed by atoms with Crippen LogP contribution in [0.5, 0.6) is 0 Å². The predicted octanol–water partition coefficient (Wildman–Crippen LogP) is 2.90. The number of piperazine rings is 1. The molecule has 5 nitrogen and oxygen atoms in total. The number of nitrogens with zero attached hydrogens (tertiary/aromatic N) is 3. The molecule has 1 saturated heterocycles. The molecule has 20 heavy (non-hydrogen) atoms. The van der Waals surface area contributed by atoms with Gasteiger partial charge in [-0.25, -0.2) is 0 Å². The van der Waals surface area contributed by atoms with Crippen LogP contribution in [0.4, 0.5) is 11.4 Å². The Hall–Kier alpha value is -1.62. The third-order valence-electron chi connectivity index (χ3n) is 3.91. The van der Waals surface area contributed by atoms with E-state index in [1.807, 2.05) is 12.1 Å². The molecule has 0 bridgehead atoms. The second kappa shape index (κ2) is 5.40. The number of nitro benzene ring substituents is 1. The second-order valence-electron chi connectivity index (χ2n) is 6.43. The number of hydrogen-bond donors (Lipinski definition) is 0. The van der Waals surface area contributed by atoms with Gasteiger partial charge in [0.25, 0.3) is 5.69 Å². The second-order valence-corrected chi connectivity index (χ2v) is 6.43. The summed E-state index contributed by atoms with van der Waals surface area (Å²) in [5.41, 5.74) is 1.40. The highest BCUT2D eigenvalue weighted by Crippen LogP contribution is 2.25. The predicted molar refractivity (Wildman–Crippen MR) is 81.2 cm³/mol. The highest BCUT2D eigenvalue weighted by atomic mass is 16.6. The third kappa shape index (κ3) is 3.10. The normalized spacial score (nSPS) is 21.0. The molecule has 110 valence electrons. The van der Waals surface area contributed by atoms with E-state index in [2.05, 4.69) is 37.5 Å². The summed E-state index contributed by atoms with van der Waals surface area (Å²) in [6, 6.07) is 7.32. The monoisotopic (exact) mass is 277 g/mol. The van der Waals surface area contributed by atoms with Crippen molar-refractivity contribution in [2.24, 2.45) is 0 Å². The van der Waals surface area contributed by atoms with Crippen LogP contribution in [0.25, 0.3) is 0 Å². The van der Waals surface area contributed by atoms with Gasteiger partial charge < -0.3 is 4.90 Å². The van der Waals surface area contributed by atoms with E-state index >= 15 is 0 Å². The van der Waals surface area contributed by atoms with E-state index in [9.17, 15) is 10.1 Å². The Labute approximate surface area is 120 Å². The molecule has 0 N–H and O–H groups in total. The summed E-state index contributed by atoms with van der Waals surface area (Å²) in [6.45, 7) is 11.9. The van der Waals surface area contributed by atoms with E-state index in [-0.39, 0.29) is 16.1 Å². The standard InChI is InChI=1S/C15H23N3O2/c1-12-11-16(9-10-17(12)15(2,3)4)13-5-7-14(8-6-13)18(19)20/h5-8,12H,9-11H2,1-4H3. The van der Waals surface area contributed by atoms with Crippen molar-refractivity contribution in [3.8, 4) is 0 Å². The fourth-order valence-electron chi connectivity index (χ4n) is 2.97. The van der Waals surface area contributed by atoms with Gasteiger partial charge in [0.1, 0.15) is 0 Å². The lowest BCUT2D eigenvalue weighted by Gasteiger charge is -2.47. The number of benzene rings is 1. The smallest absolute Gasteiger partial charge is 0.269 e. The van der Waals surface area contributed by atoms with Gasteiger partial charge in [0.2, 0.25) is 0 Å². The Balaban J connectivity index is 2.07. The van der Waals surface area contributed by atoms with Crippen LogP contribution in [0.3, 0.4) is 0 Å². The maximum Gasteiger partial charge on any atom is 0.269 e. The molecular weight excluding hydrogens is 254 g/mol. The molecule has 1 heterocycles. The molecule has 0 aliphatic carbocycles. The fraction of sp³-hybridized carbons (Fsp3) is 0.600. The Morgan fingerprint density at radius 3 is 2.25 bits per heavy atom. The van der Waals surface area contributed by atoms with Gasteiger partial charge in [-0.15, -0.1) is 0 Å². The molecule has 1 aliphatic rings. The van der Waals surface area contributed by atoms with Crippen molar-refractivity contribution in [1.82, 2.24) is 4.90 Å². The molecule has 1 aromatic carbocycles. The number of hydrogen-bond acceptors (Lipinski definition) is 4. The Kier molecular flexibility index (Phi) is 3.99. The zero-order valence-corrected chi connectivity index (χ0v) is 12.7. The summed E-state index contributed by atoms with van der Waals surface area (Å²) >= 11 is 0. The number of rotatable bonds is 2. The first-order valence-electron chi connectivity index (χ1n) is 7.05. The summed E-state index contributed by atoms with van der Waals surface area (Å²) in [4.78, 5) is 15.1. The first kappa shape index (κ1) is 14.8. The van der Waals surface area contributed by atoms with Crippen molar-refractivity contribution in [1.29, 1.82) is 0 Å². The summed E-state index contributed by atoms with van der Waals surface area (Å²) in [7, 11) is 0. The third-order valence-corrected chi connectivity index (χ3v) is 3.91. The molecule has 2 rings (SSSR count). The van der Waals surface area contributed by atoms with Crippen LogP contribution in [-0.4, -0.2) is 41.0 Å². The van der Waals surface area contributed by atoms with Crippen molar-refractivity contribution in [3.63, 3.8) is 0 Å². The highest BCUT2D eigenvalue weighted by molar-refractivity contribution is 5.51. The minimum absolute atomic E-state index is 0.148. The molecule has 5 heteroatoms. The molecule has 1 fully saturated rings. The van der Waals surface area contributed by atoms with Crippen molar-refractivity contribution in [2.75, 3.05) is 24.5 Å². The van der Waals surface area contributed by atoms with E-state index in [4.69, 9.17) is 0 Å². The van der Waals surface area contributed by atoms with Crippen LogP contribution in [0.1, 0.15) is 27.7 Å². The Morgan fingerprint density at radius 1 is 1.20 bits per heavy atom. The minimum atomic E-state index is -0.357. The van der Waals surface area contributed by atoms with Gasteiger partial charge in [0.05, 0.1) is 4.92 Å². The van der Waals surface area contributed by atoms with E-state index < -0.39 is 0 Å². The zero-order chi connectivity index (χ0) is 14.9. The van der Waals surface area contributed by atoms with Crippen LogP contribution < -0.4 is 4.90 Å². The Morgan fingerprint density at radius 2 is 1.80 bits per heavy atom. The van der Waals surface area contributed by atoms with Crippen molar-refractivity contribution < 1.29 is 4.92 Å². The van der Waals surface area contributed by atoms with Crippen LogP contribution in [0.2, 0.25) is 0 Å². The Bertz CT molecular complexity index is 479. The van der Waals surface area contributed by atoms with Crippen molar-refractivity contribution in [2.45, 2.75) is 39.3 Å². The molecule has 1 aliphatic heterocycles. The molecule has 0 radical (unpaired) electrons. The summed E-state index contributed by atoms with van der Waals surface area (Å²) in [6.07, 6.45) is 0. The maximum absolute atomic E-state index is 10.7. The van der Waals surface area contributed by atoms with E-state index in [0.29, 0.717) is 6.04 Å². The van der Waals surface area contributed by atoms with Crippen molar-refractivity contribution in [3.05, 3.63) is 34.4 Å². The average molecular weight is 277 g/mol. The van der Waals surface area contributed by atoms with E-state index in [1.165, 1.54) is 0 Å². The first-order valence-corrected chi connectivity index (χ1v) is 7.05. The average Bonchev–Trinajstić information content (AvgIpc) is 2.37. The lowest BCUT2D eigenvalue weighted by atomic mass is 10.0. The maximum atomic E-state index is 10.7. The van der Waals surface area contributed by atoms with Gasteiger partial charge >= 0.3 is 0 Å². The fourth-order valence-corrected chi connectivity index (χ4v) is 2.97. The molecule has 0 aromatic heterocycles. The molecule has 0 spiro atoms. The van der Waals surface area contributed by atoms with Crippen LogP contribution in [0.15, 0.2) is 24.3 Å². The van der Waals surface area contributed by atoms with E-state index in [1.54, 1.807) is 12.1 Å². The van der Waals surface area contributed by atoms with Crippen molar-refractivity contribution >= 4 is 11.4 Å². The summed E-state index contributed by atoms with van der Waals surface area (Å²) < 4.78 is 0. The van der Waals surface area contributed by atoms with Gasteiger partial charge in [0, 0.05) is 49.0 Å². The minimum Gasteiger partial charge on any atom is -0.369 e. The van der Waals surface area contributed by atoms with Gasteiger partial charge in [-0.3, -0.25) is 15.0 Å². The molecule has 0 saturated carbocycles. The quantitative estimate of drug-likeness (QED) is 0.616. The topological polar surface area (TPSA) is 49.6 Å². The molecule has 0 amide bonds. The van der Waals surface area contributed by atoms with E-state index in [0.717, 1.165) is 25.3 Å². The summed E-state index contributed by atoms with van der Waals surface area (Å²) in [5, 5.41) is 10.7. The van der Waals surface area contributed by atoms with Crippen LogP contribution >= 0.6 is 0 Å². The van der Waals surface area contributed by atoms with Gasteiger partial charge in [-0.05, 0) is 39.8 Å². The van der Waals surface area contributed by atoms with Gasteiger partial charge in [-0.2, -0.15) is 0 Å². The molecule has 1 aromatic rings. The lowest BCUT2D eigenvalue weighted by molar-refractivity contribution is -0.384. The number of nitro groups is 1. The summed E-state index contributed by atoms with van der Waals surface area (Å²) in [5.74, 6) is 0. The van der Waals surface area contributed by atoms with Crippen LogP contribution in [0, 0.1) is 10.1 Å². The molecular formula is C15H23N3O2. The number of non-ortho nitro benzene ring substituents is 1. The SMILES string of the molecule is CC1CN(c2ccc([N+](=O)[O-])cc2)CCN1C(C)(C)C. The highest BCUT2D eigenvalue weighted by Gasteiger charge is 2.31. The molecule has 1 unspecified atom stereocenters. The van der Waals surface area contributed by atoms with Gasteiger partial charge in [0.15, 0.2) is 0 Å². The van der Waals surface area contributed by atoms with Gasteiger partial charge in [-0.1, -0.05) is 0 Å². The lowest BCUT2D eigenvalue weighted by Crippen LogP contribution is -2.58. The first-order chi connectivity index (χ1) is 9.29. The number of anilines is 1. The molecule has 1 atom stereocenters. The van der Waals surface area contributed by atoms with Crippen LogP contribution in [-0.2, 0) is 0 Å². The largest absolute Gasteiger partial charge is 0.369 e. The zero-order valence-electron chi connectivity index (χ0n) is 12.7.